The van der Waals surface area contributed by atoms with Crippen LogP contribution in [0.4, 0.5) is 0 Å². The highest BCUT2D eigenvalue weighted by Crippen LogP contribution is 2.20. The zero-order valence-corrected chi connectivity index (χ0v) is 8.45. The lowest BCUT2D eigenvalue weighted by atomic mass is 10.0. The molecule has 1 amide bonds. The zero-order chi connectivity index (χ0) is 11.6. The van der Waals surface area contributed by atoms with E-state index in [9.17, 15) is 20.1 Å². The third-order valence-electron chi connectivity index (χ3n) is 2.18. The predicted molar refractivity (Wildman–Crippen MR) is 47.5 cm³/mol. The van der Waals surface area contributed by atoms with E-state index < -0.39 is 36.7 Å². The first-order valence-corrected chi connectivity index (χ1v) is 4.47. The van der Waals surface area contributed by atoms with Crippen molar-refractivity contribution < 1.29 is 29.6 Å². The van der Waals surface area contributed by atoms with E-state index in [1.165, 1.54) is 14.0 Å². The van der Waals surface area contributed by atoms with Crippen LogP contribution in [-0.2, 0) is 14.3 Å². The van der Waals surface area contributed by atoms with Crippen LogP contribution in [0.5, 0.6) is 0 Å². The lowest BCUT2D eigenvalue weighted by Gasteiger charge is -2.39. The van der Waals surface area contributed by atoms with Crippen LogP contribution in [0, 0.1) is 0 Å². The molecule has 1 unspecified atom stereocenters. The van der Waals surface area contributed by atoms with Crippen molar-refractivity contribution in [2.75, 3.05) is 7.11 Å². The van der Waals surface area contributed by atoms with E-state index in [4.69, 9.17) is 9.47 Å². The maximum absolute atomic E-state index is 10.8. The third-order valence-corrected chi connectivity index (χ3v) is 2.18. The lowest BCUT2D eigenvalue weighted by molar-refractivity contribution is -0.311. The topological polar surface area (TPSA) is 108 Å². The Morgan fingerprint density at radius 1 is 1.33 bits per heavy atom. The van der Waals surface area contributed by atoms with Gasteiger partial charge in [0.15, 0.2) is 12.6 Å². The normalized spacial score (nSPS) is 41.3. The Labute approximate surface area is 86.6 Å². The largest absolute Gasteiger partial charge is 0.388 e. The summed E-state index contributed by atoms with van der Waals surface area (Å²) in [6.45, 7) is 1.23. The molecule has 1 fully saturated rings. The first-order valence-electron chi connectivity index (χ1n) is 4.47. The summed E-state index contributed by atoms with van der Waals surface area (Å²) in [7, 11) is 1.27. The highest BCUT2D eigenvalue weighted by atomic mass is 16.7. The molecular weight excluding hydrogens is 206 g/mol. The first-order chi connectivity index (χ1) is 6.97. The summed E-state index contributed by atoms with van der Waals surface area (Å²) in [4.78, 5) is 10.8. The second-order valence-electron chi connectivity index (χ2n) is 3.34. The van der Waals surface area contributed by atoms with Gasteiger partial charge in [0.25, 0.3) is 0 Å². The maximum atomic E-state index is 10.8. The quantitative estimate of drug-likeness (QED) is 0.411. The molecule has 1 heterocycles. The number of nitrogens with one attached hydrogen (secondary N) is 1. The van der Waals surface area contributed by atoms with Crippen LogP contribution >= 0.6 is 0 Å². The summed E-state index contributed by atoms with van der Waals surface area (Å²) < 4.78 is 9.53. The minimum Gasteiger partial charge on any atom is -0.388 e. The predicted octanol–water partition coefficient (Wildman–Crippen LogP) is -2.47. The van der Waals surface area contributed by atoms with Crippen LogP contribution < -0.4 is 5.32 Å². The van der Waals surface area contributed by atoms with Crippen molar-refractivity contribution in [3.05, 3.63) is 0 Å². The van der Waals surface area contributed by atoms with Crippen molar-refractivity contribution in [3.63, 3.8) is 0 Å². The molecule has 7 heteroatoms. The molecule has 0 aromatic rings. The number of carbonyl (C=O) groups excluding carboxylic acids is 1. The monoisotopic (exact) mass is 221 g/mol. The average molecular weight is 221 g/mol. The fourth-order valence-electron chi connectivity index (χ4n) is 1.43. The van der Waals surface area contributed by atoms with Crippen LogP contribution in [-0.4, -0.2) is 59.2 Å². The molecule has 1 aliphatic rings. The van der Waals surface area contributed by atoms with E-state index in [1.807, 2.05) is 0 Å². The molecule has 1 saturated heterocycles. The van der Waals surface area contributed by atoms with Gasteiger partial charge in [0.1, 0.15) is 18.2 Å². The molecule has 7 nitrogen and oxygen atoms in total. The molecule has 5 atom stereocenters. The van der Waals surface area contributed by atoms with Gasteiger partial charge in [-0.25, -0.2) is 0 Å². The van der Waals surface area contributed by atoms with E-state index in [0.29, 0.717) is 0 Å². The van der Waals surface area contributed by atoms with Crippen molar-refractivity contribution in [2.24, 2.45) is 0 Å². The van der Waals surface area contributed by atoms with E-state index in [-0.39, 0.29) is 0 Å². The molecule has 0 bridgehead atoms. The molecule has 4 N–H and O–H groups in total. The van der Waals surface area contributed by atoms with Gasteiger partial charge in [-0.05, 0) is 0 Å². The number of ether oxygens (including phenoxy) is 2. The molecule has 0 aliphatic carbocycles. The Morgan fingerprint density at radius 2 is 1.93 bits per heavy atom. The molecular formula is C8H15NO6. The summed E-state index contributed by atoms with van der Waals surface area (Å²) in [5.74, 6) is -0.440. The average Bonchev–Trinajstić information content (AvgIpc) is 2.18. The summed E-state index contributed by atoms with van der Waals surface area (Å²) in [6, 6.07) is -1.07. The lowest BCUT2D eigenvalue weighted by Crippen LogP contribution is -2.63. The van der Waals surface area contributed by atoms with Crippen molar-refractivity contribution in [1.82, 2.24) is 5.32 Å². The van der Waals surface area contributed by atoms with E-state index in [1.54, 1.807) is 0 Å². The molecule has 1 aliphatic heterocycles. The standard InChI is InChI=1S/C8H15NO6/c1-3(10)9-4-5(11)6(12)8(14-2)15-7(4)13/h4-8,11-13H,1-2H3,(H,9,10)/t4-,5-,6+,7?,8+/m1/s1. The number of rotatable bonds is 2. The van der Waals surface area contributed by atoms with Crippen molar-refractivity contribution in [2.45, 2.75) is 37.8 Å². The Morgan fingerprint density at radius 3 is 2.40 bits per heavy atom. The van der Waals surface area contributed by atoms with Gasteiger partial charge in [-0.15, -0.1) is 0 Å². The molecule has 88 valence electrons. The summed E-state index contributed by atoms with van der Waals surface area (Å²) in [5, 5.41) is 30.7. The number of hydrogen-bond donors (Lipinski definition) is 4. The van der Waals surface area contributed by atoms with Crippen molar-refractivity contribution in [1.29, 1.82) is 0 Å². The minimum atomic E-state index is -1.42. The second-order valence-corrected chi connectivity index (χ2v) is 3.34. The summed E-state index contributed by atoms with van der Waals surface area (Å²) in [6.07, 6.45) is -5.20. The zero-order valence-electron chi connectivity index (χ0n) is 8.45. The number of hydrogen-bond acceptors (Lipinski definition) is 6. The van der Waals surface area contributed by atoms with E-state index >= 15 is 0 Å². The molecule has 0 radical (unpaired) electrons. The number of amides is 1. The number of aliphatic hydroxyl groups excluding tert-OH is 3. The van der Waals surface area contributed by atoms with Crippen LogP contribution in [0.25, 0.3) is 0 Å². The van der Waals surface area contributed by atoms with Gasteiger partial charge in [0.05, 0.1) is 0 Å². The van der Waals surface area contributed by atoms with Gasteiger partial charge in [-0.2, -0.15) is 0 Å². The van der Waals surface area contributed by atoms with Gasteiger partial charge >= 0.3 is 0 Å². The Balaban J connectivity index is 2.70. The van der Waals surface area contributed by atoms with E-state index in [0.717, 1.165) is 0 Å². The second kappa shape index (κ2) is 4.86. The fraction of sp³-hybridized carbons (Fsp3) is 0.875. The molecule has 15 heavy (non-hydrogen) atoms. The Hall–Kier alpha value is -0.730. The molecule has 1 rings (SSSR count). The van der Waals surface area contributed by atoms with Gasteiger partial charge < -0.3 is 30.1 Å². The third kappa shape index (κ3) is 2.64. The van der Waals surface area contributed by atoms with Gasteiger partial charge in [0.2, 0.25) is 5.91 Å². The van der Waals surface area contributed by atoms with Crippen LogP contribution in [0.3, 0.4) is 0 Å². The van der Waals surface area contributed by atoms with Crippen LogP contribution in [0.2, 0.25) is 0 Å². The van der Waals surface area contributed by atoms with Crippen LogP contribution in [0.15, 0.2) is 0 Å². The number of carbonyl (C=O) groups is 1. The Kier molecular flexibility index (Phi) is 4.00. The van der Waals surface area contributed by atoms with E-state index in [2.05, 4.69) is 5.32 Å². The van der Waals surface area contributed by atoms with Crippen molar-refractivity contribution >= 4 is 5.91 Å². The molecule has 0 aromatic heterocycles. The fourth-order valence-corrected chi connectivity index (χ4v) is 1.43. The first kappa shape index (κ1) is 12.3. The maximum Gasteiger partial charge on any atom is 0.217 e. The van der Waals surface area contributed by atoms with Gasteiger partial charge in [-0.3, -0.25) is 4.79 Å². The Bertz CT molecular complexity index is 235. The van der Waals surface area contributed by atoms with Crippen LogP contribution in [0.1, 0.15) is 6.92 Å². The molecule has 0 aromatic carbocycles. The molecule has 0 saturated carbocycles. The number of aliphatic hydroxyl groups is 3. The van der Waals surface area contributed by atoms with Gasteiger partial charge in [0, 0.05) is 14.0 Å². The SMILES string of the molecule is CO[C@H]1OC(O)[C@H](NC(C)=O)[C@@H](O)[C@@H]1O. The summed E-state index contributed by atoms with van der Waals surface area (Å²) in [5.41, 5.74) is 0. The van der Waals surface area contributed by atoms with Gasteiger partial charge in [-0.1, -0.05) is 0 Å². The van der Waals surface area contributed by atoms with Crippen molar-refractivity contribution in [3.8, 4) is 0 Å². The highest BCUT2D eigenvalue weighted by molar-refractivity contribution is 5.73. The number of methoxy groups -OCH3 is 1. The highest BCUT2D eigenvalue weighted by Gasteiger charge is 2.44. The molecule has 0 spiro atoms. The minimum absolute atomic E-state index is 0.440. The summed E-state index contributed by atoms with van der Waals surface area (Å²) >= 11 is 0. The smallest absolute Gasteiger partial charge is 0.217 e.